The zero-order chi connectivity index (χ0) is 13.8. The van der Waals surface area contributed by atoms with Crippen LogP contribution in [0.1, 0.15) is 10.4 Å². The molecule has 0 saturated carbocycles. The van der Waals surface area contributed by atoms with Crippen LogP contribution in [0.5, 0.6) is 5.75 Å². The first kappa shape index (κ1) is 14.4. The maximum Gasteiger partial charge on any atom is 0.143 e. The number of nitrogens with one attached hydrogen (secondary N) is 1. The van der Waals surface area contributed by atoms with Crippen LogP contribution in [0.3, 0.4) is 0 Å². The predicted molar refractivity (Wildman–Crippen MR) is 84.8 cm³/mol. The first-order valence-corrected chi connectivity index (χ1v) is 7.80. The molecule has 1 heterocycles. The van der Waals surface area contributed by atoms with E-state index in [4.69, 9.17) is 10.00 Å². The van der Waals surface area contributed by atoms with Crippen LogP contribution in [-0.4, -0.2) is 7.11 Å². The largest absolute Gasteiger partial charge is 0.495 e. The van der Waals surface area contributed by atoms with Crippen molar-refractivity contribution in [1.29, 1.82) is 5.26 Å². The summed E-state index contributed by atoms with van der Waals surface area (Å²) in [5.74, 6) is 0.675. The summed E-state index contributed by atoms with van der Waals surface area (Å²) in [5, 5.41) is 12.4. The van der Waals surface area contributed by atoms with Crippen molar-refractivity contribution in [2.45, 2.75) is 6.54 Å². The monoisotopic (exact) mass is 400 g/mol. The highest BCUT2D eigenvalue weighted by atomic mass is 79.9. The molecular weight excluding hydrogens is 392 g/mol. The number of rotatable bonds is 4. The van der Waals surface area contributed by atoms with E-state index in [1.165, 1.54) is 0 Å². The minimum Gasteiger partial charge on any atom is -0.495 e. The first-order valence-electron chi connectivity index (χ1n) is 5.40. The quantitative estimate of drug-likeness (QED) is 0.802. The molecule has 6 heteroatoms. The van der Waals surface area contributed by atoms with Gasteiger partial charge in [0, 0.05) is 15.9 Å². The van der Waals surface area contributed by atoms with Crippen molar-refractivity contribution in [1.82, 2.24) is 0 Å². The third kappa shape index (κ3) is 3.30. The second kappa shape index (κ2) is 6.42. The van der Waals surface area contributed by atoms with Crippen molar-refractivity contribution >= 4 is 48.9 Å². The molecule has 0 bridgehead atoms. The highest BCUT2D eigenvalue weighted by Gasteiger charge is 2.10. The van der Waals surface area contributed by atoms with Gasteiger partial charge in [-0.2, -0.15) is 5.26 Å². The summed E-state index contributed by atoms with van der Waals surface area (Å²) in [4.78, 5) is 1.16. The molecule has 2 rings (SSSR count). The fraction of sp³-hybridized carbons (Fsp3) is 0.154. The van der Waals surface area contributed by atoms with E-state index >= 15 is 0 Å². The minimum atomic E-state index is 0.578. The number of hydrogen-bond acceptors (Lipinski definition) is 4. The molecule has 0 fully saturated rings. The topological polar surface area (TPSA) is 45.0 Å². The molecule has 1 aromatic carbocycles. The van der Waals surface area contributed by atoms with Crippen LogP contribution in [0.25, 0.3) is 0 Å². The fourth-order valence-corrected chi connectivity index (χ4v) is 3.75. The Kier molecular flexibility index (Phi) is 4.86. The van der Waals surface area contributed by atoms with Crippen LogP contribution in [-0.2, 0) is 6.54 Å². The maximum atomic E-state index is 9.13. The van der Waals surface area contributed by atoms with Crippen LogP contribution in [0.4, 0.5) is 5.69 Å². The molecule has 0 atom stereocenters. The summed E-state index contributed by atoms with van der Waals surface area (Å²) in [6, 6.07) is 9.62. The lowest BCUT2D eigenvalue weighted by atomic mass is 10.2. The van der Waals surface area contributed by atoms with E-state index in [2.05, 4.69) is 43.2 Å². The van der Waals surface area contributed by atoms with Gasteiger partial charge in [0.2, 0.25) is 0 Å². The van der Waals surface area contributed by atoms with E-state index in [1.807, 2.05) is 12.1 Å². The standard InChI is InChI=1S/C13H10Br2N2OS/c1-18-11-4-2-3-8(6-16)12(11)17-7-9-5-10(14)13(15)19-9/h2-5,17H,7H2,1H3. The number of anilines is 1. The van der Waals surface area contributed by atoms with Gasteiger partial charge in [-0.05, 0) is 50.1 Å². The Morgan fingerprint density at radius 2 is 2.21 bits per heavy atom. The van der Waals surface area contributed by atoms with Gasteiger partial charge in [0.05, 0.1) is 22.1 Å². The second-order valence-electron chi connectivity index (χ2n) is 3.68. The lowest BCUT2D eigenvalue weighted by Gasteiger charge is -2.11. The second-order valence-corrected chi connectivity index (χ2v) is 6.99. The number of thiophene rings is 1. The molecule has 0 saturated heterocycles. The lowest BCUT2D eigenvalue weighted by molar-refractivity contribution is 0.416. The molecule has 0 aliphatic carbocycles. The van der Waals surface area contributed by atoms with E-state index in [9.17, 15) is 0 Å². The average molecular weight is 402 g/mol. The molecule has 19 heavy (non-hydrogen) atoms. The van der Waals surface area contributed by atoms with E-state index in [0.717, 1.165) is 18.8 Å². The van der Waals surface area contributed by atoms with Crippen molar-refractivity contribution in [3.63, 3.8) is 0 Å². The molecule has 2 aromatic rings. The smallest absolute Gasteiger partial charge is 0.143 e. The molecule has 98 valence electrons. The normalized spacial score (nSPS) is 10.0. The Balaban J connectivity index is 2.21. The molecule has 0 aliphatic heterocycles. The Bertz CT molecular complexity index is 615. The lowest BCUT2D eigenvalue weighted by Crippen LogP contribution is -2.02. The Morgan fingerprint density at radius 1 is 1.42 bits per heavy atom. The number of nitrogens with zero attached hydrogens (tertiary/aromatic N) is 1. The Morgan fingerprint density at radius 3 is 2.79 bits per heavy atom. The van der Waals surface area contributed by atoms with Crippen molar-refractivity contribution in [2.75, 3.05) is 12.4 Å². The summed E-state index contributed by atoms with van der Waals surface area (Å²) in [6.45, 7) is 0.643. The molecule has 1 N–H and O–H groups in total. The van der Waals surface area contributed by atoms with Gasteiger partial charge >= 0.3 is 0 Å². The van der Waals surface area contributed by atoms with Crippen LogP contribution < -0.4 is 10.1 Å². The van der Waals surface area contributed by atoms with E-state index in [1.54, 1.807) is 30.6 Å². The third-order valence-electron chi connectivity index (χ3n) is 2.50. The summed E-state index contributed by atoms with van der Waals surface area (Å²) < 4.78 is 7.37. The number of benzene rings is 1. The molecular formula is C13H10Br2N2OS. The van der Waals surface area contributed by atoms with Crippen molar-refractivity contribution in [3.8, 4) is 11.8 Å². The maximum absolute atomic E-state index is 9.13. The molecule has 0 spiro atoms. The highest BCUT2D eigenvalue weighted by molar-refractivity contribution is 9.13. The number of methoxy groups -OCH3 is 1. The number of halogens is 2. The number of nitriles is 1. The summed E-state index contributed by atoms with van der Waals surface area (Å²) in [6.07, 6.45) is 0. The number of hydrogen-bond donors (Lipinski definition) is 1. The third-order valence-corrected chi connectivity index (χ3v) is 5.76. The van der Waals surface area contributed by atoms with Crippen LogP contribution in [0.2, 0.25) is 0 Å². The van der Waals surface area contributed by atoms with Crippen molar-refractivity contribution in [2.24, 2.45) is 0 Å². The summed E-state index contributed by atoms with van der Waals surface area (Å²) in [5.41, 5.74) is 1.31. The van der Waals surface area contributed by atoms with Crippen LogP contribution >= 0.6 is 43.2 Å². The predicted octanol–water partition coefficient (Wildman–Crippen LogP) is 4.77. The molecule has 0 unspecified atom stereocenters. The summed E-state index contributed by atoms with van der Waals surface area (Å²) in [7, 11) is 1.60. The van der Waals surface area contributed by atoms with Gasteiger partial charge in [-0.1, -0.05) is 6.07 Å². The molecule has 0 aliphatic rings. The highest BCUT2D eigenvalue weighted by Crippen LogP contribution is 2.34. The number of ether oxygens (including phenoxy) is 1. The molecule has 1 aromatic heterocycles. The summed E-state index contributed by atoms with van der Waals surface area (Å²) >= 11 is 8.57. The van der Waals surface area contributed by atoms with Gasteiger partial charge in [-0.15, -0.1) is 11.3 Å². The van der Waals surface area contributed by atoms with Crippen LogP contribution in [0.15, 0.2) is 32.5 Å². The first-order chi connectivity index (χ1) is 9.15. The Labute approximate surface area is 132 Å². The Hall–Kier alpha value is -1.03. The fourth-order valence-electron chi connectivity index (χ4n) is 1.63. The molecule has 0 radical (unpaired) electrons. The number of para-hydroxylation sites is 1. The van der Waals surface area contributed by atoms with Gasteiger partial charge in [-0.3, -0.25) is 0 Å². The van der Waals surface area contributed by atoms with Crippen molar-refractivity contribution < 1.29 is 4.74 Å². The van der Waals surface area contributed by atoms with E-state index in [-0.39, 0.29) is 0 Å². The average Bonchev–Trinajstić information content (AvgIpc) is 2.75. The van der Waals surface area contributed by atoms with E-state index < -0.39 is 0 Å². The minimum absolute atomic E-state index is 0.578. The zero-order valence-corrected chi connectivity index (χ0v) is 14.0. The van der Waals surface area contributed by atoms with Gasteiger partial charge in [0.1, 0.15) is 11.8 Å². The molecule has 0 amide bonds. The van der Waals surface area contributed by atoms with Gasteiger partial charge < -0.3 is 10.1 Å². The van der Waals surface area contributed by atoms with Gasteiger partial charge in [0.25, 0.3) is 0 Å². The van der Waals surface area contributed by atoms with Crippen molar-refractivity contribution in [3.05, 3.63) is 43.0 Å². The molecule has 3 nitrogen and oxygen atoms in total. The van der Waals surface area contributed by atoms with Gasteiger partial charge in [-0.25, -0.2) is 0 Å². The van der Waals surface area contributed by atoms with E-state index in [0.29, 0.717) is 17.9 Å². The van der Waals surface area contributed by atoms with Gasteiger partial charge in [0.15, 0.2) is 0 Å². The van der Waals surface area contributed by atoms with Crippen LogP contribution in [0, 0.1) is 11.3 Å². The SMILES string of the molecule is COc1cccc(C#N)c1NCc1cc(Br)c(Br)s1. The zero-order valence-electron chi connectivity index (χ0n) is 10.0.